The summed E-state index contributed by atoms with van der Waals surface area (Å²) in [7, 11) is -3.13. The van der Waals surface area contributed by atoms with Crippen LogP contribution in [0.1, 0.15) is 31.5 Å². The minimum atomic E-state index is -4.95. The molecule has 2 heterocycles. The maximum Gasteiger partial charge on any atom is 0.418 e. The van der Waals surface area contributed by atoms with Crippen LogP contribution in [0.4, 0.5) is 5.13 Å². The van der Waals surface area contributed by atoms with Gasteiger partial charge in [-0.25, -0.2) is 4.98 Å². The fraction of sp³-hybridized carbons (Fsp3) is 0.400. The smallest absolute Gasteiger partial charge is 0.418 e. The molecule has 16 nitrogen and oxygen atoms in total. The van der Waals surface area contributed by atoms with E-state index < -0.39 is 33.8 Å². The molecule has 1 unspecified atom stereocenters. The van der Waals surface area contributed by atoms with Gasteiger partial charge in [0.1, 0.15) is 31.1 Å². The molecule has 1 aromatic heterocycles. The topological polar surface area (TPSA) is 235 Å². The maximum absolute atomic E-state index is 13.1. The molecule has 43 heavy (non-hydrogen) atoms. The van der Waals surface area contributed by atoms with Crippen LogP contribution in [0.3, 0.4) is 0 Å². The van der Waals surface area contributed by atoms with Gasteiger partial charge < -0.3 is 31.7 Å². The summed E-state index contributed by atoms with van der Waals surface area (Å²) in [5.74, 6) is -1.15. The van der Waals surface area contributed by atoms with Crippen molar-refractivity contribution in [3.05, 3.63) is 47.1 Å². The Morgan fingerprint density at radius 2 is 2.02 bits per heavy atom. The lowest BCUT2D eigenvalue weighted by Crippen LogP contribution is -2.76. The number of nitrogen functional groups attached to an aromatic ring is 1. The van der Waals surface area contributed by atoms with Gasteiger partial charge >= 0.3 is 10.4 Å². The van der Waals surface area contributed by atoms with Crippen molar-refractivity contribution in [2.45, 2.75) is 31.8 Å². The molecule has 3 rings (SSSR count). The van der Waals surface area contributed by atoms with Crippen molar-refractivity contribution in [2.24, 2.45) is 10.9 Å². The number of hydroxylamine groups is 2. The number of aromatic nitrogens is 1. The van der Waals surface area contributed by atoms with Gasteiger partial charge in [-0.1, -0.05) is 17.3 Å². The summed E-state index contributed by atoms with van der Waals surface area (Å²) in [6, 6.07) is 6.22. The normalized spacial score (nSPS) is 17.1. The lowest BCUT2D eigenvalue weighted by molar-refractivity contribution is -0.412. The van der Waals surface area contributed by atoms with E-state index in [1.807, 2.05) is 31.6 Å². The number of thiazole rings is 1. The number of amides is 2. The molecule has 18 heteroatoms. The Bertz CT molecular complexity index is 1470. The van der Waals surface area contributed by atoms with Crippen LogP contribution in [0.15, 0.2) is 41.0 Å². The molecule has 2 amide bonds. The first kappa shape index (κ1) is 33.4. The summed E-state index contributed by atoms with van der Waals surface area (Å²) in [4.78, 5) is 37.9. The Balaban J connectivity index is 1.60. The van der Waals surface area contributed by atoms with Gasteiger partial charge in [0.15, 0.2) is 23.7 Å². The monoisotopic (exact) mass is 639 g/mol. The van der Waals surface area contributed by atoms with Crippen molar-refractivity contribution in [3.63, 3.8) is 0 Å². The molecule has 234 valence electrons. The fourth-order valence-corrected chi connectivity index (χ4v) is 4.82. The molecule has 8 N–H and O–H groups in total. The van der Waals surface area contributed by atoms with E-state index >= 15 is 0 Å². The van der Waals surface area contributed by atoms with Gasteiger partial charge in [0.25, 0.3) is 11.8 Å². The number of hydrogen-bond acceptors (Lipinski definition) is 13. The van der Waals surface area contributed by atoms with Gasteiger partial charge in [0.05, 0.1) is 11.1 Å². The molecule has 2 aromatic rings. The highest BCUT2D eigenvalue weighted by Crippen LogP contribution is 2.33. The molecule has 1 atom stereocenters. The van der Waals surface area contributed by atoms with Gasteiger partial charge in [-0.05, 0) is 44.5 Å². The summed E-state index contributed by atoms with van der Waals surface area (Å²) in [5, 5.41) is 11.7. The van der Waals surface area contributed by atoms with E-state index in [2.05, 4.69) is 30.0 Å². The summed E-state index contributed by atoms with van der Waals surface area (Å²) in [6.45, 7) is 4.29. The van der Waals surface area contributed by atoms with Crippen molar-refractivity contribution in [1.29, 1.82) is 0 Å². The van der Waals surface area contributed by atoms with Crippen LogP contribution in [-0.2, 0) is 29.1 Å². The van der Waals surface area contributed by atoms with Gasteiger partial charge in [-0.15, -0.1) is 15.6 Å². The second-order valence-corrected chi connectivity index (χ2v) is 11.4. The molecule has 1 aliphatic heterocycles. The van der Waals surface area contributed by atoms with Crippen LogP contribution < -0.4 is 31.8 Å². The number of nitrogens with one attached hydrogen (secondary N) is 3. The highest BCUT2D eigenvalue weighted by Gasteiger charge is 2.58. The number of anilines is 1. The van der Waals surface area contributed by atoms with Gasteiger partial charge in [-0.3, -0.25) is 19.1 Å². The average molecular weight is 640 g/mol. The van der Waals surface area contributed by atoms with E-state index in [0.29, 0.717) is 17.4 Å². The molecule has 1 aliphatic rings. The number of ether oxygens (including phenoxy) is 1. The molecular formula is C25H35N8O8S2+. The van der Waals surface area contributed by atoms with Crippen molar-refractivity contribution in [2.75, 3.05) is 39.1 Å². The number of hydrogen-bond donors (Lipinski definition) is 6. The second kappa shape index (κ2) is 14.9. The lowest BCUT2D eigenvalue weighted by Gasteiger charge is -2.50. The van der Waals surface area contributed by atoms with Crippen LogP contribution in [0.2, 0.25) is 0 Å². The number of allylic oxidation sites excluding steroid dienone is 1. The number of benzene rings is 1. The number of β-lactam (4-membered cyclic amide) rings is 1. The van der Waals surface area contributed by atoms with E-state index in [1.165, 1.54) is 19.2 Å². The summed E-state index contributed by atoms with van der Waals surface area (Å²) in [6.07, 6.45) is 4.63. The highest BCUT2D eigenvalue weighted by molar-refractivity contribution is 7.80. The number of nitrogens with zero attached hydrogens (tertiary/aromatic N) is 3. The quantitative estimate of drug-likeness (QED) is 0.0402. The summed E-state index contributed by atoms with van der Waals surface area (Å²) in [5.41, 5.74) is 11.7. The third kappa shape index (κ3) is 9.19. The molecule has 0 saturated carbocycles. The zero-order valence-electron chi connectivity index (χ0n) is 23.8. The third-order valence-electron chi connectivity index (χ3n) is 5.97. The molecule has 1 aromatic carbocycles. The molecule has 0 radical (unpaired) electrons. The van der Waals surface area contributed by atoms with Crippen molar-refractivity contribution in [3.8, 4) is 5.75 Å². The van der Waals surface area contributed by atoms with E-state index in [4.69, 9.17) is 25.6 Å². The molecule has 0 bridgehead atoms. The SMILES string of the molecule is C[NH+]=C/C(=C\NCCCN)c1ccc(OCCO/N=C(\C(=O)NC2C(=O)N(OS(=O)(=O)O)C2(C)C)c2csc(N)n2)cc1. The van der Waals surface area contributed by atoms with Crippen molar-refractivity contribution < 1.29 is 41.4 Å². The van der Waals surface area contributed by atoms with Crippen molar-refractivity contribution in [1.82, 2.24) is 20.7 Å². The van der Waals surface area contributed by atoms with E-state index in [9.17, 15) is 18.0 Å². The number of oxime groups is 1. The number of nitrogens with two attached hydrogens (primary N) is 2. The van der Waals surface area contributed by atoms with Crippen LogP contribution in [0, 0.1) is 0 Å². The number of carbonyl (C=O) groups excluding carboxylic acids is 2. The number of rotatable bonds is 16. The molecule has 1 saturated heterocycles. The maximum atomic E-state index is 13.1. The zero-order valence-corrected chi connectivity index (χ0v) is 25.4. The average Bonchev–Trinajstić information content (AvgIpc) is 3.39. The second-order valence-electron chi connectivity index (χ2n) is 9.54. The Morgan fingerprint density at radius 3 is 2.60 bits per heavy atom. The van der Waals surface area contributed by atoms with E-state index in [-0.39, 0.29) is 29.8 Å². The lowest BCUT2D eigenvalue weighted by atomic mass is 9.84. The Hall–Kier alpha value is -4.10. The van der Waals surface area contributed by atoms with Crippen LogP contribution in [-0.4, -0.2) is 91.7 Å². The first-order valence-corrected chi connectivity index (χ1v) is 15.2. The standard InChI is InChI=1S/C25H34N8O8S2/c1-25(2)21(23(35)33(25)41-43(36,37)38)31-22(34)20(19-15-42-24(27)30-19)32-40-12-11-39-18-7-5-16(6-8-18)17(13-28-3)14-29-10-4-9-26/h5-8,13-15,21,29H,4,9-12,26H2,1-3H3,(H2,27,30)(H,31,34)(H,36,37,38)/p+1/b17-14+,28-13?,32-20-. The van der Waals surface area contributed by atoms with Gasteiger partial charge in [0, 0.05) is 18.1 Å². The molecule has 0 aliphatic carbocycles. The highest BCUT2D eigenvalue weighted by atomic mass is 32.3. The third-order valence-corrected chi connectivity index (χ3v) is 6.98. The fourth-order valence-electron chi connectivity index (χ4n) is 3.82. The Morgan fingerprint density at radius 1 is 1.30 bits per heavy atom. The molecule has 1 fully saturated rings. The Kier molecular flexibility index (Phi) is 11.6. The molecular weight excluding hydrogens is 604 g/mol. The van der Waals surface area contributed by atoms with Crippen molar-refractivity contribution >= 4 is 56.2 Å². The first-order chi connectivity index (χ1) is 20.4. The van der Waals surface area contributed by atoms with Gasteiger partial charge in [-0.2, -0.15) is 13.5 Å². The van der Waals surface area contributed by atoms with Crippen LogP contribution in [0.25, 0.3) is 5.57 Å². The Labute approximate surface area is 252 Å². The zero-order chi connectivity index (χ0) is 31.6. The predicted octanol–water partition coefficient (Wildman–Crippen LogP) is -1.57. The first-order valence-electron chi connectivity index (χ1n) is 13.0. The van der Waals surface area contributed by atoms with Gasteiger partial charge in [0.2, 0.25) is 0 Å². The minimum Gasteiger partial charge on any atom is -0.490 e. The van der Waals surface area contributed by atoms with E-state index in [0.717, 1.165) is 35.4 Å². The van der Waals surface area contributed by atoms with Crippen LogP contribution >= 0.6 is 11.3 Å². The minimum absolute atomic E-state index is 0.0360. The molecule has 0 spiro atoms. The predicted molar refractivity (Wildman–Crippen MR) is 159 cm³/mol. The number of carbonyl (C=O) groups is 2. The largest absolute Gasteiger partial charge is 0.490 e. The van der Waals surface area contributed by atoms with E-state index in [1.54, 1.807) is 12.1 Å². The summed E-state index contributed by atoms with van der Waals surface area (Å²) >= 11 is 1.07. The summed E-state index contributed by atoms with van der Waals surface area (Å²) < 4.78 is 41.0. The van der Waals surface area contributed by atoms with Crippen LogP contribution in [0.5, 0.6) is 5.75 Å².